The van der Waals surface area contributed by atoms with Crippen LogP contribution < -0.4 is 4.74 Å². The van der Waals surface area contributed by atoms with Crippen molar-refractivity contribution in [2.75, 3.05) is 7.11 Å². The molecule has 0 aliphatic rings. The topological polar surface area (TPSA) is 37.9 Å². The lowest BCUT2D eigenvalue weighted by atomic mass is 10.2. The van der Waals surface area contributed by atoms with E-state index >= 15 is 0 Å². The highest BCUT2D eigenvalue weighted by atomic mass is 79.9. The van der Waals surface area contributed by atoms with Gasteiger partial charge in [-0.25, -0.2) is 4.98 Å². The minimum absolute atomic E-state index is 0.804. The number of hydrogen-bond acceptors (Lipinski definition) is 2. The second-order valence-electron chi connectivity index (χ2n) is 3.24. The molecule has 4 heteroatoms. The number of ether oxygens (including phenoxy) is 1. The van der Waals surface area contributed by atoms with Gasteiger partial charge in [-0.3, -0.25) is 0 Å². The van der Waals surface area contributed by atoms with Gasteiger partial charge in [-0.1, -0.05) is 15.9 Å². The molecule has 0 saturated carbocycles. The van der Waals surface area contributed by atoms with Crippen molar-refractivity contribution < 1.29 is 4.74 Å². The van der Waals surface area contributed by atoms with Crippen molar-refractivity contribution in [3.05, 3.63) is 34.6 Å². The minimum atomic E-state index is 0.804. The molecule has 0 amide bonds. The van der Waals surface area contributed by atoms with E-state index in [2.05, 4.69) is 25.9 Å². The highest BCUT2D eigenvalue weighted by Gasteiger charge is 2.08. The molecule has 2 aromatic rings. The third kappa shape index (κ3) is 2.04. The van der Waals surface area contributed by atoms with Crippen LogP contribution in [0.3, 0.4) is 0 Å². The van der Waals surface area contributed by atoms with E-state index in [-0.39, 0.29) is 0 Å². The van der Waals surface area contributed by atoms with Crippen molar-refractivity contribution in [3.8, 4) is 17.1 Å². The molecule has 0 fully saturated rings. The number of imidazole rings is 1. The Morgan fingerprint density at radius 2 is 2.20 bits per heavy atom. The number of nitrogens with zero attached hydrogens (tertiary/aromatic N) is 1. The van der Waals surface area contributed by atoms with Crippen LogP contribution in [0.15, 0.2) is 28.9 Å². The van der Waals surface area contributed by atoms with Gasteiger partial charge in [0.05, 0.1) is 18.4 Å². The number of rotatable bonds is 2. The lowest BCUT2D eigenvalue weighted by molar-refractivity contribution is 0.416. The highest BCUT2D eigenvalue weighted by molar-refractivity contribution is 9.10. The largest absolute Gasteiger partial charge is 0.496 e. The number of benzene rings is 1. The first-order valence-electron chi connectivity index (χ1n) is 4.56. The molecule has 0 radical (unpaired) electrons. The van der Waals surface area contributed by atoms with Crippen LogP contribution in [0.5, 0.6) is 5.75 Å². The van der Waals surface area contributed by atoms with Gasteiger partial charge in [0.15, 0.2) is 0 Å². The fourth-order valence-corrected chi connectivity index (χ4v) is 1.75. The van der Waals surface area contributed by atoms with Gasteiger partial charge in [0.25, 0.3) is 0 Å². The number of nitrogens with one attached hydrogen (secondary N) is 1. The van der Waals surface area contributed by atoms with E-state index in [1.165, 1.54) is 0 Å². The molecule has 1 heterocycles. The average Bonchev–Trinajstić information content (AvgIpc) is 2.64. The number of halogens is 1. The van der Waals surface area contributed by atoms with Crippen LogP contribution in [0.1, 0.15) is 5.69 Å². The van der Waals surface area contributed by atoms with Crippen molar-refractivity contribution in [2.45, 2.75) is 6.92 Å². The molecule has 0 bridgehead atoms. The van der Waals surface area contributed by atoms with E-state index in [1.54, 1.807) is 7.11 Å². The molecular weight excluding hydrogens is 256 g/mol. The molecule has 3 nitrogen and oxygen atoms in total. The average molecular weight is 267 g/mol. The lowest BCUT2D eigenvalue weighted by Crippen LogP contribution is -1.89. The summed E-state index contributed by atoms with van der Waals surface area (Å²) in [5.74, 6) is 1.63. The summed E-state index contributed by atoms with van der Waals surface area (Å²) in [6.07, 6.45) is 1.87. The smallest absolute Gasteiger partial charge is 0.141 e. The molecule has 78 valence electrons. The summed E-state index contributed by atoms with van der Waals surface area (Å²) in [7, 11) is 1.65. The molecule has 1 N–H and O–H groups in total. The molecule has 0 atom stereocenters. The molecule has 0 saturated heterocycles. The molecule has 15 heavy (non-hydrogen) atoms. The molecule has 0 spiro atoms. The SMILES string of the molecule is COc1cc(Br)ccc1-c1nc(C)c[nH]1. The number of aromatic amines is 1. The molecule has 0 unspecified atom stereocenters. The summed E-state index contributed by atoms with van der Waals surface area (Å²) < 4.78 is 6.29. The maximum atomic E-state index is 5.30. The standard InChI is InChI=1S/C11H11BrN2O/c1-7-6-13-11(14-7)9-4-3-8(12)5-10(9)15-2/h3-6H,1-2H3,(H,13,14). The number of methoxy groups -OCH3 is 1. The van der Waals surface area contributed by atoms with Crippen molar-refractivity contribution in [1.29, 1.82) is 0 Å². The number of aromatic nitrogens is 2. The first kappa shape index (κ1) is 10.2. The zero-order valence-electron chi connectivity index (χ0n) is 8.54. The van der Waals surface area contributed by atoms with E-state index in [0.29, 0.717) is 0 Å². The Morgan fingerprint density at radius 3 is 2.80 bits per heavy atom. The summed E-state index contributed by atoms with van der Waals surface area (Å²) in [5.41, 5.74) is 1.93. The van der Waals surface area contributed by atoms with E-state index in [9.17, 15) is 0 Å². The molecule has 2 rings (SSSR count). The van der Waals surface area contributed by atoms with Gasteiger partial charge >= 0.3 is 0 Å². The molecule has 1 aromatic heterocycles. The maximum Gasteiger partial charge on any atom is 0.141 e. The van der Waals surface area contributed by atoms with Gasteiger partial charge in [-0.05, 0) is 25.1 Å². The number of H-pyrrole nitrogens is 1. The van der Waals surface area contributed by atoms with Crippen molar-refractivity contribution in [1.82, 2.24) is 9.97 Å². The van der Waals surface area contributed by atoms with E-state index in [0.717, 1.165) is 27.3 Å². The van der Waals surface area contributed by atoms with Crippen LogP contribution >= 0.6 is 15.9 Å². The van der Waals surface area contributed by atoms with Gasteiger partial charge in [-0.2, -0.15) is 0 Å². The monoisotopic (exact) mass is 266 g/mol. The Labute approximate surface area is 96.6 Å². The Kier molecular flexibility index (Phi) is 2.77. The Hall–Kier alpha value is -1.29. The lowest BCUT2D eigenvalue weighted by Gasteiger charge is -2.06. The van der Waals surface area contributed by atoms with Crippen LogP contribution in [-0.4, -0.2) is 17.1 Å². The van der Waals surface area contributed by atoms with Gasteiger partial charge in [0.1, 0.15) is 11.6 Å². The normalized spacial score (nSPS) is 10.3. The van der Waals surface area contributed by atoms with Gasteiger partial charge in [0.2, 0.25) is 0 Å². The van der Waals surface area contributed by atoms with Crippen LogP contribution in [0.25, 0.3) is 11.4 Å². The van der Waals surface area contributed by atoms with Gasteiger partial charge in [0, 0.05) is 10.7 Å². The predicted molar refractivity (Wildman–Crippen MR) is 63.0 cm³/mol. The van der Waals surface area contributed by atoms with Crippen molar-refractivity contribution >= 4 is 15.9 Å². The predicted octanol–water partition coefficient (Wildman–Crippen LogP) is 3.16. The van der Waals surface area contributed by atoms with Crippen LogP contribution in [0.4, 0.5) is 0 Å². The Morgan fingerprint density at radius 1 is 1.40 bits per heavy atom. The fraction of sp³-hybridized carbons (Fsp3) is 0.182. The summed E-state index contributed by atoms with van der Waals surface area (Å²) in [6.45, 7) is 1.95. The second-order valence-corrected chi connectivity index (χ2v) is 4.15. The zero-order valence-corrected chi connectivity index (χ0v) is 10.1. The van der Waals surface area contributed by atoms with Crippen LogP contribution in [0.2, 0.25) is 0 Å². The third-order valence-corrected chi connectivity index (χ3v) is 2.62. The highest BCUT2D eigenvalue weighted by Crippen LogP contribution is 2.30. The fourth-order valence-electron chi connectivity index (χ4n) is 1.41. The quantitative estimate of drug-likeness (QED) is 0.907. The van der Waals surface area contributed by atoms with E-state index in [4.69, 9.17) is 4.74 Å². The first-order valence-corrected chi connectivity index (χ1v) is 5.36. The molecule has 1 aromatic carbocycles. The first-order chi connectivity index (χ1) is 7.20. The summed E-state index contributed by atoms with van der Waals surface area (Å²) >= 11 is 3.40. The van der Waals surface area contributed by atoms with Crippen molar-refractivity contribution in [2.24, 2.45) is 0 Å². The van der Waals surface area contributed by atoms with Crippen molar-refractivity contribution in [3.63, 3.8) is 0 Å². The number of hydrogen-bond donors (Lipinski definition) is 1. The van der Waals surface area contributed by atoms with Crippen LogP contribution in [-0.2, 0) is 0 Å². The summed E-state index contributed by atoms with van der Waals surface area (Å²) in [5, 5.41) is 0. The summed E-state index contributed by atoms with van der Waals surface area (Å²) in [6, 6.07) is 5.87. The van der Waals surface area contributed by atoms with E-state index in [1.807, 2.05) is 31.3 Å². The van der Waals surface area contributed by atoms with E-state index < -0.39 is 0 Å². The van der Waals surface area contributed by atoms with Gasteiger partial charge in [-0.15, -0.1) is 0 Å². The van der Waals surface area contributed by atoms with Crippen LogP contribution in [0, 0.1) is 6.92 Å². The maximum absolute atomic E-state index is 5.30. The third-order valence-electron chi connectivity index (χ3n) is 2.12. The second kappa shape index (κ2) is 4.06. The number of aryl methyl sites for hydroxylation is 1. The van der Waals surface area contributed by atoms with Gasteiger partial charge < -0.3 is 9.72 Å². The zero-order chi connectivity index (χ0) is 10.8. The Bertz CT molecular complexity index is 479. The molecular formula is C11H11BrN2O. The molecule has 0 aliphatic carbocycles. The molecule has 0 aliphatic heterocycles. The minimum Gasteiger partial charge on any atom is -0.496 e. The Balaban J connectivity index is 2.52. The summed E-state index contributed by atoms with van der Waals surface area (Å²) in [4.78, 5) is 7.48.